The summed E-state index contributed by atoms with van der Waals surface area (Å²) in [6.07, 6.45) is 1.76. The van der Waals surface area contributed by atoms with Crippen LogP contribution in [0.4, 0.5) is 0 Å². The summed E-state index contributed by atoms with van der Waals surface area (Å²) in [6, 6.07) is 14.2. The van der Waals surface area contributed by atoms with Crippen molar-refractivity contribution < 1.29 is 0 Å². The molecule has 0 radical (unpaired) electrons. The van der Waals surface area contributed by atoms with Gasteiger partial charge in [0.05, 0.1) is 0 Å². The quantitative estimate of drug-likeness (QED) is 0.633. The summed E-state index contributed by atoms with van der Waals surface area (Å²) in [5.74, 6) is 6.19. The summed E-state index contributed by atoms with van der Waals surface area (Å²) in [6.45, 7) is 6.63. The topological polar surface area (TPSA) is 12.9 Å². The lowest BCUT2D eigenvalue weighted by Crippen LogP contribution is -2.10. The van der Waals surface area contributed by atoms with E-state index in [1.54, 1.807) is 6.20 Å². The third kappa shape index (κ3) is 3.21. The molecule has 0 aliphatic rings. The van der Waals surface area contributed by atoms with Crippen LogP contribution in [-0.2, 0) is 5.41 Å². The molecule has 1 aromatic carbocycles. The monoisotopic (exact) mass is 235 g/mol. The first-order chi connectivity index (χ1) is 8.55. The number of hydrogen-bond donors (Lipinski definition) is 0. The fourth-order valence-electron chi connectivity index (χ4n) is 1.63. The predicted molar refractivity (Wildman–Crippen MR) is 75.4 cm³/mol. The van der Waals surface area contributed by atoms with E-state index in [0.29, 0.717) is 0 Å². The number of nitrogens with zero attached hydrogens (tertiary/aromatic N) is 1. The van der Waals surface area contributed by atoms with Gasteiger partial charge in [-0.15, -0.1) is 0 Å². The van der Waals surface area contributed by atoms with E-state index in [0.717, 1.165) is 11.3 Å². The molecule has 0 atom stereocenters. The Hall–Kier alpha value is -2.07. The largest absolute Gasteiger partial charge is 0.248 e. The zero-order chi connectivity index (χ0) is 13.0. The van der Waals surface area contributed by atoms with E-state index < -0.39 is 0 Å². The molecule has 2 rings (SSSR count). The zero-order valence-electron chi connectivity index (χ0n) is 11.1. The van der Waals surface area contributed by atoms with Crippen LogP contribution >= 0.6 is 0 Å². The summed E-state index contributed by atoms with van der Waals surface area (Å²) >= 11 is 0. The van der Waals surface area contributed by atoms with Crippen LogP contribution in [0, 0.1) is 11.8 Å². The van der Waals surface area contributed by atoms with Gasteiger partial charge in [0.15, 0.2) is 0 Å². The van der Waals surface area contributed by atoms with E-state index in [2.05, 4.69) is 61.9 Å². The Bertz CT molecular complexity index is 563. The van der Waals surface area contributed by atoms with Crippen molar-refractivity contribution in [3.05, 3.63) is 65.5 Å². The smallest absolute Gasteiger partial charge is 0.113 e. The van der Waals surface area contributed by atoms with Gasteiger partial charge in [-0.05, 0) is 41.2 Å². The van der Waals surface area contributed by atoms with Gasteiger partial charge in [-0.1, -0.05) is 44.9 Å². The maximum Gasteiger partial charge on any atom is 0.113 e. The van der Waals surface area contributed by atoms with Gasteiger partial charge >= 0.3 is 0 Å². The molecule has 0 amide bonds. The Kier molecular flexibility index (Phi) is 3.48. The van der Waals surface area contributed by atoms with E-state index >= 15 is 0 Å². The molecule has 0 aliphatic heterocycles. The summed E-state index contributed by atoms with van der Waals surface area (Å²) < 4.78 is 0. The number of pyridine rings is 1. The first-order valence-corrected chi connectivity index (χ1v) is 6.09. The number of benzene rings is 1. The molecule has 1 heterocycles. The van der Waals surface area contributed by atoms with Crippen molar-refractivity contribution in [2.45, 2.75) is 26.2 Å². The van der Waals surface area contributed by atoms with E-state index in [4.69, 9.17) is 0 Å². The highest BCUT2D eigenvalue weighted by molar-refractivity contribution is 5.41. The predicted octanol–water partition coefficient (Wildman–Crippen LogP) is 3.78. The van der Waals surface area contributed by atoms with E-state index in [1.807, 2.05) is 18.2 Å². The van der Waals surface area contributed by atoms with Crippen LogP contribution < -0.4 is 0 Å². The minimum absolute atomic E-state index is 0.187. The maximum atomic E-state index is 4.18. The van der Waals surface area contributed by atoms with Gasteiger partial charge in [0.1, 0.15) is 5.69 Å². The normalized spacial score (nSPS) is 10.6. The van der Waals surface area contributed by atoms with E-state index in [9.17, 15) is 0 Å². The molecule has 0 saturated carbocycles. The van der Waals surface area contributed by atoms with Crippen molar-refractivity contribution in [1.82, 2.24) is 4.98 Å². The Labute approximate surface area is 109 Å². The number of aromatic nitrogens is 1. The number of rotatable bonds is 0. The van der Waals surface area contributed by atoms with E-state index in [1.165, 1.54) is 5.56 Å². The van der Waals surface area contributed by atoms with Gasteiger partial charge in [-0.2, -0.15) is 0 Å². The van der Waals surface area contributed by atoms with Gasteiger partial charge in [0.25, 0.3) is 0 Å². The van der Waals surface area contributed by atoms with Crippen molar-refractivity contribution >= 4 is 0 Å². The van der Waals surface area contributed by atoms with Crippen LogP contribution in [-0.4, -0.2) is 4.98 Å². The molecule has 0 N–H and O–H groups in total. The Balaban J connectivity index is 2.20. The standard InChI is InChI=1S/C17H17N/c1-17(2,3)15-10-7-14(8-11-15)9-12-16-6-4-5-13-18-16/h4-8,10-11,13H,1-3H3. The van der Waals surface area contributed by atoms with Crippen LogP contribution in [0.1, 0.15) is 37.6 Å². The summed E-state index contributed by atoms with van der Waals surface area (Å²) in [5, 5.41) is 0. The fourth-order valence-corrected chi connectivity index (χ4v) is 1.63. The summed E-state index contributed by atoms with van der Waals surface area (Å²) in [7, 11) is 0. The van der Waals surface area contributed by atoms with Gasteiger partial charge in [-0.3, -0.25) is 0 Å². The SMILES string of the molecule is CC(C)(C)c1ccc(C#Cc2ccccn2)cc1. The first kappa shape index (κ1) is 12.4. The molecule has 0 unspecified atom stereocenters. The lowest BCUT2D eigenvalue weighted by atomic mass is 9.87. The Morgan fingerprint density at radius 2 is 1.61 bits per heavy atom. The van der Waals surface area contributed by atoms with Crippen LogP contribution in [0.2, 0.25) is 0 Å². The van der Waals surface area contributed by atoms with Crippen molar-refractivity contribution in [2.24, 2.45) is 0 Å². The van der Waals surface area contributed by atoms with Crippen molar-refractivity contribution in [3.8, 4) is 11.8 Å². The van der Waals surface area contributed by atoms with Crippen molar-refractivity contribution in [1.29, 1.82) is 0 Å². The van der Waals surface area contributed by atoms with Crippen LogP contribution in [0.5, 0.6) is 0 Å². The maximum absolute atomic E-state index is 4.18. The van der Waals surface area contributed by atoms with Gasteiger partial charge < -0.3 is 0 Å². The van der Waals surface area contributed by atoms with Crippen molar-refractivity contribution in [2.75, 3.05) is 0 Å². The average Bonchev–Trinajstić information content (AvgIpc) is 2.37. The molecule has 0 spiro atoms. The first-order valence-electron chi connectivity index (χ1n) is 6.09. The zero-order valence-corrected chi connectivity index (χ0v) is 11.1. The van der Waals surface area contributed by atoms with Gasteiger partial charge in [0.2, 0.25) is 0 Å². The molecule has 0 saturated heterocycles. The molecule has 1 nitrogen and oxygen atoms in total. The molecule has 1 aromatic heterocycles. The van der Waals surface area contributed by atoms with Crippen molar-refractivity contribution in [3.63, 3.8) is 0 Å². The lowest BCUT2D eigenvalue weighted by molar-refractivity contribution is 0.590. The highest BCUT2D eigenvalue weighted by Gasteiger charge is 2.12. The van der Waals surface area contributed by atoms with Gasteiger partial charge in [0, 0.05) is 11.8 Å². The number of hydrogen-bond acceptors (Lipinski definition) is 1. The molecular formula is C17H17N. The van der Waals surface area contributed by atoms with E-state index in [-0.39, 0.29) is 5.41 Å². The Morgan fingerprint density at radius 1 is 0.889 bits per heavy atom. The highest BCUT2D eigenvalue weighted by Crippen LogP contribution is 2.21. The molecule has 18 heavy (non-hydrogen) atoms. The second-order valence-corrected chi connectivity index (χ2v) is 5.29. The van der Waals surface area contributed by atoms with Crippen LogP contribution in [0.25, 0.3) is 0 Å². The summed E-state index contributed by atoms with van der Waals surface area (Å²) in [5.41, 5.74) is 3.34. The Morgan fingerprint density at radius 3 is 2.17 bits per heavy atom. The third-order valence-corrected chi connectivity index (χ3v) is 2.75. The molecule has 0 fully saturated rings. The molecule has 2 aromatic rings. The minimum Gasteiger partial charge on any atom is -0.248 e. The van der Waals surface area contributed by atoms with Gasteiger partial charge in [-0.25, -0.2) is 4.98 Å². The third-order valence-electron chi connectivity index (χ3n) is 2.75. The molecule has 0 aliphatic carbocycles. The average molecular weight is 235 g/mol. The second kappa shape index (κ2) is 5.06. The fraction of sp³-hybridized carbons (Fsp3) is 0.235. The second-order valence-electron chi connectivity index (χ2n) is 5.29. The lowest BCUT2D eigenvalue weighted by Gasteiger charge is -2.18. The van der Waals surface area contributed by atoms with Crippen LogP contribution in [0.15, 0.2) is 48.7 Å². The molecular weight excluding hydrogens is 218 g/mol. The molecule has 1 heteroatoms. The summed E-state index contributed by atoms with van der Waals surface area (Å²) in [4.78, 5) is 4.18. The highest BCUT2D eigenvalue weighted by atomic mass is 14.6. The molecule has 0 bridgehead atoms. The van der Waals surface area contributed by atoms with Crippen LogP contribution in [0.3, 0.4) is 0 Å². The molecule has 90 valence electrons. The minimum atomic E-state index is 0.187.